The Labute approximate surface area is 153 Å². The molecule has 0 spiro atoms. The molecule has 0 saturated carbocycles. The van der Waals surface area contributed by atoms with Gasteiger partial charge in [-0.25, -0.2) is 0 Å². The van der Waals surface area contributed by atoms with Gasteiger partial charge in [0.15, 0.2) is 0 Å². The van der Waals surface area contributed by atoms with Crippen LogP contribution in [0.3, 0.4) is 0 Å². The van der Waals surface area contributed by atoms with Crippen LogP contribution in [-0.4, -0.2) is 53.0 Å². The van der Waals surface area contributed by atoms with Crippen molar-refractivity contribution >= 4 is 5.91 Å². The lowest BCUT2D eigenvalue weighted by molar-refractivity contribution is -0.143. The SMILES string of the molecule is CN(Cc1ccccn1)C(=O)[C@@H]1C[C@H]2CCN(Cc3ccoc3)C[C@H]2O1. The number of carbonyl (C=O) groups is 1. The number of ether oxygens (including phenoxy) is 1. The van der Waals surface area contributed by atoms with Gasteiger partial charge in [-0.1, -0.05) is 6.07 Å². The average molecular weight is 355 g/mol. The number of hydrogen-bond acceptors (Lipinski definition) is 5. The van der Waals surface area contributed by atoms with Gasteiger partial charge in [-0.15, -0.1) is 0 Å². The van der Waals surface area contributed by atoms with Gasteiger partial charge in [-0.3, -0.25) is 14.7 Å². The highest BCUT2D eigenvalue weighted by Crippen LogP contribution is 2.34. The van der Waals surface area contributed by atoms with Gasteiger partial charge in [-0.05, 0) is 43.5 Å². The second-order valence-corrected chi connectivity index (χ2v) is 7.33. The highest BCUT2D eigenvalue weighted by molar-refractivity contribution is 5.81. The van der Waals surface area contributed by atoms with Crippen LogP contribution < -0.4 is 0 Å². The van der Waals surface area contributed by atoms with Crippen LogP contribution in [0, 0.1) is 5.92 Å². The predicted molar refractivity (Wildman–Crippen MR) is 96.1 cm³/mol. The lowest BCUT2D eigenvalue weighted by atomic mass is 9.91. The van der Waals surface area contributed by atoms with Gasteiger partial charge >= 0.3 is 0 Å². The number of nitrogens with zero attached hydrogens (tertiary/aromatic N) is 3. The van der Waals surface area contributed by atoms with Crippen LogP contribution in [0.2, 0.25) is 0 Å². The molecule has 1 amide bonds. The van der Waals surface area contributed by atoms with E-state index in [1.165, 1.54) is 5.56 Å². The molecule has 2 fully saturated rings. The standard InChI is InChI=1S/C20H25N3O3/c1-22(12-17-4-2-3-7-21-17)20(24)18-10-16-5-8-23(13-19(16)26-18)11-15-6-9-25-14-15/h2-4,6-7,9,14,16,18-19H,5,8,10-13H2,1H3/t16-,18+,19-/m1/s1. The number of likely N-dealkylation sites (N-methyl/N-ethyl adjacent to an activating group) is 1. The van der Waals surface area contributed by atoms with E-state index >= 15 is 0 Å². The van der Waals surface area contributed by atoms with Crippen molar-refractivity contribution in [1.82, 2.24) is 14.8 Å². The molecule has 2 aliphatic heterocycles. The van der Waals surface area contributed by atoms with Crippen molar-refractivity contribution in [2.75, 3.05) is 20.1 Å². The normalized spacial score (nSPS) is 25.8. The third-order valence-corrected chi connectivity index (χ3v) is 5.40. The van der Waals surface area contributed by atoms with E-state index in [0.717, 1.165) is 38.2 Å². The summed E-state index contributed by atoms with van der Waals surface area (Å²) in [7, 11) is 1.83. The van der Waals surface area contributed by atoms with Crippen LogP contribution in [0.25, 0.3) is 0 Å². The zero-order chi connectivity index (χ0) is 17.9. The molecular weight excluding hydrogens is 330 g/mol. The Bertz CT molecular complexity index is 719. The van der Waals surface area contributed by atoms with Crippen LogP contribution in [0.5, 0.6) is 0 Å². The quantitative estimate of drug-likeness (QED) is 0.824. The largest absolute Gasteiger partial charge is 0.472 e. The maximum absolute atomic E-state index is 12.8. The van der Waals surface area contributed by atoms with Gasteiger partial charge in [0.1, 0.15) is 6.10 Å². The first-order chi connectivity index (χ1) is 12.7. The summed E-state index contributed by atoms with van der Waals surface area (Å²) in [6, 6.07) is 7.76. The van der Waals surface area contributed by atoms with E-state index in [4.69, 9.17) is 9.15 Å². The molecular formula is C20H25N3O3. The molecule has 2 saturated heterocycles. The number of rotatable bonds is 5. The number of hydrogen-bond donors (Lipinski definition) is 0. The number of amides is 1. The molecule has 4 rings (SSSR count). The smallest absolute Gasteiger partial charge is 0.251 e. The Morgan fingerprint density at radius 2 is 2.31 bits per heavy atom. The van der Waals surface area contributed by atoms with E-state index in [9.17, 15) is 4.79 Å². The molecule has 3 atom stereocenters. The number of likely N-dealkylation sites (tertiary alicyclic amines) is 1. The summed E-state index contributed by atoms with van der Waals surface area (Å²) in [4.78, 5) is 21.2. The topological polar surface area (TPSA) is 58.8 Å². The van der Waals surface area contributed by atoms with Gasteiger partial charge in [0.25, 0.3) is 5.91 Å². The van der Waals surface area contributed by atoms with Crippen molar-refractivity contribution in [3.8, 4) is 0 Å². The maximum atomic E-state index is 12.8. The fourth-order valence-electron chi connectivity index (χ4n) is 4.00. The van der Waals surface area contributed by atoms with E-state index in [2.05, 4.69) is 9.88 Å². The predicted octanol–water partition coefficient (Wildman–Crippen LogP) is 2.31. The molecule has 6 nitrogen and oxygen atoms in total. The second-order valence-electron chi connectivity index (χ2n) is 7.33. The molecule has 2 aliphatic rings. The molecule has 0 aliphatic carbocycles. The molecule has 4 heterocycles. The molecule has 0 N–H and O–H groups in total. The fraction of sp³-hybridized carbons (Fsp3) is 0.500. The van der Waals surface area contributed by atoms with Gasteiger partial charge in [0, 0.05) is 31.9 Å². The van der Waals surface area contributed by atoms with E-state index < -0.39 is 0 Å². The molecule has 0 bridgehead atoms. The summed E-state index contributed by atoms with van der Waals surface area (Å²) < 4.78 is 11.3. The second kappa shape index (κ2) is 7.60. The Balaban J connectivity index is 1.32. The number of fused-ring (bicyclic) bond motifs is 1. The molecule has 0 unspecified atom stereocenters. The van der Waals surface area contributed by atoms with E-state index in [-0.39, 0.29) is 18.1 Å². The van der Waals surface area contributed by atoms with Crippen molar-refractivity contribution in [2.45, 2.75) is 38.1 Å². The molecule has 2 aromatic rings. The Hall–Kier alpha value is -2.18. The highest BCUT2D eigenvalue weighted by Gasteiger charge is 2.42. The molecule has 6 heteroatoms. The van der Waals surface area contributed by atoms with Gasteiger partial charge in [0.2, 0.25) is 0 Å². The third-order valence-electron chi connectivity index (χ3n) is 5.40. The van der Waals surface area contributed by atoms with Gasteiger partial charge in [-0.2, -0.15) is 0 Å². The highest BCUT2D eigenvalue weighted by atomic mass is 16.5. The van der Waals surface area contributed by atoms with Crippen LogP contribution in [-0.2, 0) is 22.6 Å². The van der Waals surface area contributed by atoms with Gasteiger partial charge < -0.3 is 14.1 Å². The van der Waals surface area contributed by atoms with E-state index in [1.807, 2.05) is 31.3 Å². The molecule has 2 aromatic heterocycles. The minimum absolute atomic E-state index is 0.0615. The zero-order valence-electron chi connectivity index (χ0n) is 15.1. The lowest BCUT2D eigenvalue weighted by Gasteiger charge is -2.33. The van der Waals surface area contributed by atoms with Crippen molar-refractivity contribution in [3.05, 3.63) is 54.2 Å². The molecule has 26 heavy (non-hydrogen) atoms. The van der Waals surface area contributed by atoms with Crippen molar-refractivity contribution in [1.29, 1.82) is 0 Å². The summed E-state index contributed by atoms with van der Waals surface area (Å²) >= 11 is 0. The Morgan fingerprint density at radius 3 is 3.08 bits per heavy atom. The third kappa shape index (κ3) is 3.81. The van der Waals surface area contributed by atoms with E-state index in [0.29, 0.717) is 12.5 Å². The number of piperidine rings is 1. The summed E-state index contributed by atoms with van der Waals surface area (Å²) in [6.45, 7) is 3.31. The molecule has 0 radical (unpaired) electrons. The number of furan rings is 1. The molecule has 0 aromatic carbocycles. The first-order valence-electron chi connectivity index (χ1n) is 9.23. The van der Waals surface area contributed by atoms with E-state index in [1.54, 1.807) is 23.6 Å². The zero-order valence-corrected chi connectivity index (χ0v) is 15.1. The monoisotopic (exact) mass is 355 g/mol. The maximum Gasteiger partial charge on any atom is 0.251 e. The Kier molecular flexibility index (Phi) is 5.04. The lowest BCUT2D eigenvalue weighted by Crippen LogP contribution is -2.42. The Morgan fingerprint density at radius 1 is 1.38 bits per heavy atom. The number of carbonyl (C=O) groups excluding carboxylic acids is 1. The minimum atomic E-state index is -0.326. The van der Waals surface area contributed by atoms with Crippen LogP contribution in [0.1, 0.15) is 24.1 Å². The van der Waals surface area contributed by atoms with Crippen molar-refractivity contribution < 1.29 is 13.9 Å². The van der Waals surface area contributed by atoms with Crippen LogP contribution in [0.15, 0.2) is 47.4 Å². The summed E-state index contributed by atoms with van der Waals surface area (Å²) in [5, 5.41) is 0. The molecule has 138 valence electrons. The minimum Gasteiger partial charge on any atom is -0.472 e. The van der Waals surface area contributed by atoms with Crippen LogP contribution >= 0.6 is 0 Å². The van der Waals surface area contributed by atoms with Crippen molar-refractivity contribution in [3.63, 3.8) is 0 Å². The first-order valence-corrected chi connectivity index (χ1v) is 9.23. The number of aromatic nitrogens is 1. The summed E-state index contributed by atoms with van der Waals surface area (Å²) in [5.74, 6) is 0.541. The van der Waals surface area contributed by atoms with Crippen LogP contribution in [0.4, 0.5) is 0 Å². The summed E-state index contributed by atoms with van der Waals surface area (Å²) in [6.07, 6.45) is 6.98. The fourth-order valence-corrected chi connectivity index (χ4v) is 4.00. The first kappa shape index (κ1) is 17.2. The number of pyridine rings is 1. The summed E-state index contributed by atoms with van der Waals surface area (Å²) in [5.41, 5.74) is 2.08. The van der Waals surface area contributed by atoms with Gasteiger partial charge in [0.05, 0.1) is 30.9 Å². The average Bonchev–Trinajstić information content (AvgIpc) is 3.31. The van der Waals surface area contributed by atoms with Crippen molar-refractivity contribution in [2.24, 2.45) is 5.92 Å².